The van der Waals surface area contributed by atoms with Crippen molar-refractivity contribution in [1.82, 2.24) is 0 Å². The van der Waals surface area contributed by atoms with E-state index >= 15 is 0 Å². The first-order chi connectivity index (χ1) is 6.13. The van der Waals surface area contributed by atoms with Crippen LogP contribution in [0.1, 0.15) is 33.1 Å². The van der Waals surface area contributed by atoms with Crippen LogP contribution in [0.2, 0.25) is 0 Å². The number of allylic oxidation sites excluding steroid dienone is 1. The number of hydrogen-bond donors (Lipinski definition) is 1. The lowest BCUT2D eigenvalue weighted by atomic mass is 10.1. The maximum Gasteiger partial charge on any atom is 0.368 e. The molecule has 0 spiro atoms. The Morgan fingerprint density at radius 2 is 2.08 bits per heavy atom. The van der Waals surface area contributed by atoms with Crippen molar-refractivity contribution in [3.63, 3.8) is 0 Å². The molecule has 1 N–H and O–H groups in total. The van der Waals surface area contributed by atoms with Crippen molar-refractivity contribution in [1.29, 1.82) is 0 Å². The van der Waals surface area contributed by atoms with Gasteiger partial charge >= 0.3 is 5.97 Å². The molecule has 0 unspecified atom stereocenters. The molecule has 0 saturated carbocycles. The van der Waals surface area contributed by atoms with Gasteiger partial charge < -0.3 is 0 Å². The van der Waals surface area contributed by atoms with Crippen LogP contribution in [0.5, 0.6) is 0 Å². The summed E-state index contributed by atoms with van der Waals surface area (Å²) in [4.78, 5) is 13.9. The number of rotatable bonds is 4. The minimum Gasteiger partial charge on any atom is -0.296 e. The first-order valence-electron chi connectivity index (χ1n) is 4.24. The van der Waals surface area contributed by atoms with Crippen LogP contribution < -0.4 is 0 Å². The average Bonchev–Trinajstić information content (AvgIpc) is 2.14. The molecule has 0 fully saturated rings. The lowest BCUT2D eigenvalue weighted by molar-refractivity contribution is -0.229. The van der Waals surface area contributed by atoms with E-state index in [9.17, 15) is 4.79 Å². The lowest BCUT2D eigenvalue weighted by Gasteiger charge is -1.98. The summed E-state index contributed by atoms with van der Waals surface area (Å²) in [5, 5.41) is 7.89. The van der Waals surface area contributed by atoms with Crippen LogP contribution in [0.15, 0.2) is 24.8 Å². The predicted molar refractivity (Wildman–Crippen MR) is 53.3 cm³/mol. The van der Waals surface area contributed by atoms with Crippen molar-refractivity contribution in [2.45, 2.75) is 33.1 Å². The topological polar surface area (TPSA) is 46.5 Å². The largest absolute Gasteiger partial charge is 0.368 e. The van der Waals surface area contributed by atoms with E-state index in [0.717, 1.165) is 12.8 Å². The maximum absolute atomic E-state index is 10.4. The van der Waals surface area contributed by atoms with E-state index in [-0.39, 0.29) is 0 Å². The van der Waals surface area contributed by atoms with Crippen molar-refractivity contribution < 1.29 is 14.9 Å². The Labute approximate surface area is 79.6 Å². The summed E-state index contributed by atoms with van der Waals surface area (Å²) in [6.45, 7) is 10.7. The smallest absolute Gasteiger partial charge is 0.296 e. The van der Waals surface area contributed by atoms with Crippen molar-refractivity contribution in [3.05, 3.63) is 24.8 Å². The summed E-state index contributed by atoms with van der Waals surface area (Å²) in [6.07, 6.45) is 4.24. The molecule has 0 saturated heterocycles. The quantitative estimate of drug-likeness (QED) is 0.318. The molecule has 13 heavy (non-hydrogen) atoms. The van der Waals surface area contributed by atoms with E-state index in [1.54, 1.807) is 6.08 Å². The first-order valence-corrected chi connectivity index (χ1v) is 4.24. The third-order valence-electron chi connectivity index (χ3n) is 1.20. The zero-order valence-electron chi connectivity index (χ0n) is 8.38. The second-order valence-corrected chi connectivity index (χ2v) is 2.49. The van der Waals surface area contributed by atoms with Crippen LogP contribution in [0.25, 0.3) is 0 Å². The zero-order valence-corrected chi connectivity index (χ0v) is 8.38. The Morgan fingerprint density at radius 1 is 1.62 bits per heavy atom. The molecule has 0 amide bonds. The van der Waals surface area contributed by atoms with E-state index in [2.05, 4.69) is 18.0 Å². The van der Waals surface area contributed by atoms with Crippen molar-refractivity contribution in [3.8, 4) is 0 Å². The van der Waals surface area contributed by atoms with Crippen molar-refractivity contribution >= 4 is 5.97 Å². The fraction of sp³-hybridized carbons (Fsp3) is 0.500. The molecule has 76 valence electrons. The SMILES string of the molecule is C=C(CCCC)C(=O)OO.C=CC. The highest BCUT2D eigenvalue weighted by molar-refractivity contribution is 5.87. The molecule has 3 heteroatoms. The van der Waals surface area contributed by atoms with Crippen LogP contribution in [-0.2, 0) is 9.68 Å². The van der Waals surface area contributed by atoms with Gasteiger partial charge in [0.2, 0.25) is 0 Å². The molecule has 0 aromatic heterocycles. The second-order valence-electron chi connectivity index (χ2n) is 2.49. The number of unbranched alkanes of at least 4 members (excludes halogenated alkanes) is 1. The highest BCUT2D eigenvalue weighted by atomic mass is 17.1. The summed E-state index contributed by atoms with van der Waals surface area (Å²) in [5.74, 6) is -0.728. The summed E-state index contributed by atoms with van der Waals surface area (Å²) in [6, 6.07) is 0. The van der Waals surface area contributed by atoms with Gasteiger partial charge in [0.15, 0.2) is 0 Å². The van der Waals surface area contributed by atoms with Crippen LogP contribution in [0.4, 0.5) is 0 Å². The standard InChI is InChI=1S/C7H12O3.C3H6/c1-3-4-5-6(2)7(8)10-9;1-3-2/h9H,2-5H2,1H3;3H,1H2,2H3. The van der Waals surface area contributed by atoms with Gasteiger partial charge in [0.05, 0.1) is 0 Å². The molecule has 3 nitrogen and oxygen atoms in total. The highest BCUT2D eigenvalue weighted by Gasteiger charge is 2.05. The first kappa shape index (κ1) is 14.4. The zero-order chi connectivity index (χ0) is 10.7. The van der Waals surface area contributed by atoms with Crippen LogP contribution in [0, 0.1) is 0 Å². The molecule has 0 bridgehead atoms. The van der Waals surface area contributed by atoms with Gasteiger partial charge in [-0.1, -0.05) is 26.0 Å². The Kier molecular flexibility index (Phi) is 12.1. The van der Waals surface area contributed by atoms with Crippen molar-refractivity contribution in [2.75, 3.05) is 0 Å². The lowest BCUT2D eigenvalue weighted by Crippen LogP contribution is -2.03. The summed E-state index contributed by atoms with van der Waals surface area (Å²) in [7, 11) is 0. The molecule has 0 aliphatic carbocycles. The monoisotopic (exact) mass is 186 g/mol. The van der Waals surface area contributed by atoms with Gasteiger partial charge in [0, 0.05) is 5.57 Å². The van der Waals surface area contributed by atoms with Crippen LogP contribution >= 0.6 is 0 Å². The third-order valence-corrected chi connectivity index (χ3v) is 1.20. The van der Waals surface area contributed by atoms with E-state index in [0.29, 0.717) is 12.0 Å². The van der Waals surface area contributed by atoms with Gasteiger partial charge in [-0.2, -0.15) is 5.26 Å². The van der Waals surface area contributed by atoms with Gasteiger partial charge in [0.25, 0.3) is 0 Å². The van der Waals surface area contributed by atoms with Gasteiger partial charge in [0.1, 0.15) is 0 Å². The molecule has 0 aromatic rings. The molecule has 0 radical (unpaired) electrons. The van der Waals surface area contributed by atoms with Gasteiger partial charge in [-0.25, -0.2) is 4.79 Å². The van der Waals surface area contributed by atoms with E-state index in [4.69, 9.17) is 5.26 Å². The van der Waals surface area contributed by atoms with Gasteiger partial charge in [-0.3, -0.25) is 4.89 Å². The minimum atomic E-state index is -0.728. The molecule has 0 atom stereocenters. The Bertz CT molecular complexity index is 162. The Hall–Kier alpha value is -1.09. The second kappa shape index (κ2) is 10.9. The molecule has 0 heterocycles. The fourth-order valence-corrected chi connectivity index (χ4v) is 0.557. The predicted octanol–water partition coefficient (Wildman–Crippen LogP) is 2.94. The summed E-state index contributed by atoms with van der Waals surface area (Å²) >= 11 is 0. The Balaban J connectivity index is 0. The van der Waals surface area contributed by atoms with Crippen LogP contribution in [0.3, 0.4) is 0 Å². The van der Waals surface area contributed by atoms with E-state index in [1.165, 1.54) is 0 Å². The molecule has 0 aromatic carbocycles. The Morgan fingerprint density at radius 3 is 2.38 bits per heavy atom. The molecule has 0 rings (SSSR count). The van der Waals surface area contributed by atoms with Crippen molar-refractivity contribution in [2.24, 2.45) is 0 Å². The van der Waals surface area contributed by atoms with E-state index < -0.39 is 5.97 Å². The highest BCUT2D eigenvalue weighted by Crippen LogP contribution is 2.05. The van der Waals surface area contributed by atoms with Crippen LogP contribution in [-0.4, -0.2) is 11.2 Å². The average molecular weight is 186 g/mol. The van der Waals surface area contributed by atoms with Gasteiger partial charge in [-0.15, -0.1) is 6.58 Å². The fourth-order valence-electron chi connectivity index (χ4n) is 0.557. The third kappa shape index (κ3) is 10.9. The van der Waals surface area contributed by atoms with E-state index in [1.807, 2.05) is 13.8 Å². The summed E-state index contributed by atoms with van der Waals surface area (Å²) in [5.41, 5.74) is 0.323. The number of carbonyl (C=O) groups excluding carboxylic acids is 1. The maximum atomic E-state index is 10.4. The number of carbonyl (C=O) groups is 1. The molecule has 0 aliphatic rings. The molecular weight excluding hydrogens is 168 g/mol. The molecule has 0 aliphatic heterocycles. The normalized spacial score (nSPS) is 7.92. The molecular formula is C10H18O3. The minimum absolute atomic E-state index is 0.323. The summed E-state index contributed by atoms with van der Waals surface area (Å²) < 4.78 is 0. The van der Waals surface area contributed by atoms with Gasteiger partial charge in [-0.05, 0) is 19.8 Å². The number of hydrogen-bond acceptors (Lipinski definition) is 3.